The van der Waals surface area contributed by atoms with Gasteiger partial charge < -0.3 is 5.11 Å². The van der Waals surface area contributed by atoms with Crippen molar-refractivity contribution >= 4 is 22.3 Å². The zero-order valence-corrected chi connectivity index (χ0v) is 10.6. The highest BCUT2D eigenvalue weighted by Crippen LogP contribution is 2.26. The third-order valence-corrected chi connectivity index (χ3v) is 3.99. The lowest BCUT2D eigenvalue weighted by atomic mass is 10.1. The Morgan fingerprint density at radius 2 is 2.44 bits per heavy atom. The number of carbonyl (C=O) groups is 1. The highest BCUT2D eigenvalue weighted by atomic mass is 32.1. The Morgan fingerprint density at radius 3 is 3.06 bits per heavy atom. The third kappa shape index (κ3) is 3.27. The lowest BCUT2D eigenvalue weighted by Crippen LogP contribution is -2.20. The molecule has 0 saturated carbocycles. The molecule has 1 unspecified atom stereocenters. The molecule has 6 nitrogen and oxygen atoms in total. The van der Waals surface area contributed by atoms with Crippen LogP contribution in [0.3, 0.4) is 0 Å². The molecule has 0 aromatic carbocycles. The van der Waals surface area contributed by atoms with Crippen LogP contribution in [0.5, 0.6) is 0 Å². The fourth-order valence-corrected chi connectivity index (χ4v) is 2.99. The minimum atomic E-state index is -0.756. The van der Waals surface area contributed by atoms with E-state index in [9.17, 15) is 14.9 Å². The molecule has 1 atom stereocenters. The summed E-state index contributed by atoms with van der Waals surface area (Å²) >= 11 is 1.13. The van der Waals surface area contributed by atoms with Gasteiger partial charge in [0.2, 0.25) is 0 Å². The van der Waals surface area contributed by atoms with Crippen molar-refractivity contribution in [3.63, 3.8) is 0 Å². The summed E-state index contributed by atoms with van der Waals surface area (Å²) in [7, 11) is 0. The molecule has 0 radical (unpaired) electrons. The van der Waals surface area contributed by atoms with E-state index in [1.54, 1.807) is 11.4 Å². The monoisotopic (exact) mass is 270 g/mol. The maximum Gasteiger partial charge on any atom is 0.324 e. The van der Waals surface area contributed by atoms with Crippen LogP contribution in [-0.2, 0) is 11.3 Å². The molecule has 98 valence electrons. The molecule has 1 aliphatic rings. The molecule has 0 bridgehead atoms. The summed E-state index contributed by atoms with van der Waals surface area (Å²) in [4.78, 5) is 22.9. The highest BCUT2D eigenvalue weighted by molar-refractivity contribution is 7.13. The van der Waals surface area contributed by atoms with Gasteiger partial charge in [0.25, 0.3) is 0 Å². The average Bonchev–Trinajstić information content (AvgIpc) is 2.88. The van der Waals surface area contributed by atoms with E-state index in [4.69, 9.17) is 5.11 Å². The van der Waals surface area contributed by atoms with Crippen LogP contribution in [0.15, 0.2) is 11.4 Å². The Bertz CT molecular complexity index is 460. The van der Waals surface area contributed by atoms with Crippen LogP contribution in [-0.4, -0.2) is 34.0 Å². The van der Waals surface area contributed by atoms with Crippen molar-refractivity contribution < 1.29 is 14.8 Å². The van der Waals surface area contributed by atoms with Crippen molar-refractivity contribution in [2.45, 2.75) is 19.4 Å². The smallest absolute Gasteiger partial charge is 0.324 e. The predicted octanol–water partition coefficient (Wildman–Crippen LogP) is 1.95. The molecule has 2 rings (SSSR count). The van der Waals surface area contributed by atoms with E-state index < -0.39 is 5.97 Å². The molecule has 7 heteroatoms. The second-order valence-corrected chi connectivity index (χ2v) is 5.43. The van der Waals surface area contributed by atoms with Crippen molar-refractivity contribution in [1.29, 1.82) is 0 Å². The van der Waals surface area contributed by atoms with Crippen molar-refractivity contribution in [3.05, 3.63) is 27.1 Å². The van der Waals surface area contributed by atoms with Crippen LogP contribution in [0.4, 0.5) is 5.00 Å². The van der Waals surface area contributed by atoms with Crippen LogP contribution in [0.25, 0.3) is 0 Å². The van der Waals surface area contributed by atoms with E-state index in [1.165, 1.54) is 0 Å². The molecule has 1 aliphatic heterocycles. The standard InChI is InChI=1S/C11H14N2O4S/c14-11(15)4-8-1-2-12(5-8)6-9-3-10(13(16)17)18-7-9/h3,7-8H,1-2,4-6H2,(H,14,15). The molecule has 18 heavy (non-hydrogen) atoms. The summed E-state index contributed by atoms with van der Waals surface area (Å²) in [5.41, 5.74) is 0.933. The molecule has 1 N–H and O–H groups in total. The van der Waals surface area contributed by atoms with Crippen LogP contribution < -0.4 is 0 Å². The van der Waals surface area contributed by atoms with Gasteiger partial charge in [-0.15, -0.1) is 0 Å². The Morgan fingerprint density at radius 1 is 1.67 bits per heavy atom. The number of likely N-dealkylation sites (tertiary alicyclic amines) is 1. The maximum atomic E-state index is 10.6. The minimum Gasteiger partial charge on any atom is -0.481 e. The molecular formula is C11H14N2O4S. The van der Waals surface area contributed by atoms with Crippen LogP contribution in [0, 0.1) is 16.0 Å². The van der Waals surface area contributed by atoms with Gasteiger partial charge in [-0.25, -0.2) is 0 Å². The lowest BCUT2D eigenvalue weighted by molar-refractivity contribution is -0.380. The summed E-state index contributed by atoms with van der Waals surface area (Å²) in [5, 5.41) is 21.2. The molecule has 0 aliphatic carbocycles. The zero-order valence-electron chi connectivity index (χ0n) is 9.74. The van der Waals surface area contributed by atoms with Crippen LogP contribution in [0.2, 0.25) is 0 Å². The predicted molar refractivity (Wildman–Crippen MR) is 66.6 cm³/mol. The number of nitro groups is 1. The fourth-order valence-electron chi connectivity index (χ4n) is 2.27. The average molecular weight is 270 g/mol. The molecule has 1 aromatic rings. The van der Waals surface area contributed by atoms with Gasteiger partial charge >= 0.3 is 11.0 Å². The molecule has 0 amide bonds. The van der Waals surface area contributed by atoms with Crippen LogP contribution in [0.1, 0.15) is 18.4 Å². The van der Waals surface area contributed by atoms with Crippen molar-refractivity contribution in [2.75, 3.05) is 13.1 Å². The summed E-state index contributed by atoms with van der Waals surface area (Å²) < 4.78 is 0. The first-order valence-corrected chi connectivity index (χ1v) is 6.58. The Kier molecular flexibility index (Phi) is 3.93. The summed E-state index contributed by atoms with van der Waals surface area (Å²) in [6.45, 7) is 2.29. The number of nitrogens with zero attached hydrogens (tertiary/aromatic N) is 2. The fraction of sp³-hybridized carbons (Fsp3) is 0.545. The highest BCUT2D eigenvalue weighted by Gasteiger charge is 2.25. The third-order valence-electron chi connectivity index (χ3n) is 3.06. The number of carboxylic acid groups (broad SMARTS) is 1. The Hall–Kier alpha value is -1.47. The van der Waals surface area contributed by atoms with Gasteiger partial charge in [-0.05, 0) is 24.4 Å². The van der Waals surface area contributed by atoms with Gasteiger partial charge in [0.15, 0.2) is 0 Å². The van der Waals surface area contributed by atoms with Crippen LogP contribution >= 0.6 is 11.3 Å². The quantitative estimate of drug-likeness (QED) is 0.653. The normalized spacial score (nSPS) is 20.1. The first-order valence-electron chi connectivity index (χ1n) is 5.70. The van der Waals surface area contributed by atoms with Crippen molar-refractivity contribution in [2.24, 2.45) is 5.92 Å². The number of thiophene rings is 1. The van der Waals surface area contributed by atoms with Gasteiger partial charge in [0.05, 0.1) is 4.92 Å². The Balaban J connectivity index is 1.87. The second kappa shape index (κ2) is 5.45. The molecular weight excluding hydrogens is 256 g/mol. The zero-order chi connectivity index (χ0) is 13.1. The first kappa shape index (κ1) is 13.0. The van der Waals surface area contributed by atoms with Gasteiger partial charge in [-0.1, -0.05) is 11.3 Å². The topological polar surface area (TPSA) is 83.7 Å². The molecule has 2 heterocycles. The van der Waals surface area contributed by atoms with E-state index in [1.807, 2.05) is 0 Å². The number of hydrogen-bond acceptors (Lipinski definition) is 5. The second-order valence-electron chi connectivity index (χ2n) is 4.54. The molecule has 0 spiro atoms. The lowest BCUT2D eigenvalue weighted by Gasteiger charge is -2.14. The number of aliphatic carboxylic acids is 1. The van der Waals surface area contributed by atoms with E-state index in [0.29, 0.717) is 6.54 Å². The van der Waals surface area contributed by atoms with E-state index in [2.05, 4.69) is 4.90 Å². The number of hydrogen-bond donors (Lipinski definition) is 1. The Labute approximate surface area is 108 Å². The van der Waals surface area contributed by atoms with E-state index >= 15 is 0 Å². The largest absolute Gasteiger partial charge is 0.481 e. The SMILES string of the molecule is O=C(O)CC1CCN(Cc2csc([N+](=O)[O-])c2)C1. The van der Waals surface area contributed by atoms with Crippen molar-refractivity contribution in [1.82, 2.24) is 4.90 Å². The summed E-state index contributed by atoms with van der Waals surface area (Å²) in [6.07, 6.45) is 1.10. The van der Waals surface area contributed by atoms with E-state index in [0.717, 1.165) is 36.4 Å². The van der Waals surface area contributed by atoms with Gasteiger partial charge in [0.1, 0.15) is 0 Å². The number of rotatable bonds is 5. The minimum absolute atomic E-state index is 0.159. The van der Waals surface area contributed by atoms with Gasteiger partial charge in [-0.3, -0.25) is 19.8 Å². The van der Waals surface area contributed by atoms with E-state index in [-0.39, 0.29) is 22.3 Å². The van der Waals surface area contributed by atoms with Crippen molar-refractivity contribution in [3.8, 4) is 0 Å². The summed E-state index contributed by atoms with van der Waals surface area (Å²) in [6, 6.07) is 1.59. The first-order chi connectivity index (χ1) is 8.54. The number of carboxylic acids is 1. The van der Waals surface area contributed by atoms with Gasteiger partial charge in [-0.2, -0.15) is 0 Å². The summed E-state index contributed by atoms with van der Waals surface area (Å²) in [5.74, 6) is -0.552. The molecule has 1 saturated heterocycles. The molecule has 1 aromatic heterocycles. The van der Waals surface area contributed by atoms with Gasteiger partial charge in [0, 0.05) is 31.0 Å². The molecule has 1 fully saturated rings. The maximum absolute atomic E-state index is 10.6.